The minimum Gasteiger partial charge on any atom is -0.497 e. The molecule has 3 unspecified atom stereocenters. The lowest BCUT2D eigenvalue weighted by Crippen LogP contribution is -2.48. The second kappa shape index (κ2) is 9.17. The number of amides is 1. The smallest absolute Gasteiger partial charge is 0.227 e. The van der Waals surface area contributed by atoms with E-state index >= 15 is 0 Å². The molecule has 0 radical (unpaired) electrons. The fourth-order valence-corrected chi connectivity index (χ4v) is 5.25. The molecule has 2 aromatic rings. The number of carbonyl (C=O) groups is 1. The first-order chi connectivity index (χ1) is 14.5. The zero-order valence-electron chi connectivity index (χ0n) is 17.9. The maximum Gasteiger partial charge on any atom is 0.227 e. The van der Waals surface area contributed by atoms with Crippen LogP contribution in [0.4, 0.5) is 4.39 Å². The zero-order chi connectivity index (χ0) is 21.1. The van der Waals surface area contributed by atoms with Crippen molar-refractivity contribution in [1.29, 1.82) is 0 Å². The molecule has 2 fully saturated rings. The number of hydrogen-bond acceptors (Lipinski definition) is 3. The van der Waals surface area contributed by atoms with Gasteiger partial charge in [-0.3, -0.25) is 4.79 Å². The molecule has 2 aliphatic rings. The van der Waals surface area contributed by atoms with E-state index in [2.05, 4.69) is 16.8 Å². The van der Waals surface area contributed by atoms with Crippen LogP contribution in [-0.2, 0) is 17.8 Å². The Balaban J connectivity index is 1.57. The summed E-state index contributed by atoms with van der Waals surface area (Å²) in [5.41, 5.74) is 1.97. The van der Waals surface area contributed by atoms with Crippen molar-refractivity contribution >= 4 is 5.91 Å². The molecule has 0 bridgehead atoms. The number of nitrogens with zero attached hydrogens (tertiary/aromatic N) is 2. The summed E-state index contributed by atoms with van der Waals surface area (Å²) in [5, 5.41) is 0. The minimum absolute atomic E-state index is 0.143. The molecule has 2 aromatic carbocycles. The van der Waals surface area contributed by atoms with E-state index < -0.39 is 0 Å². The van der Waals surface area contributed by atoms with Crippen molar-refractivity contribution in [3.63, 3.8) is 0 Å². The van der Waals surface area contributed by atoms with Crippen LogP contribution in [0.5, 0.6) is 5.75 Å². The van der Waals surface area contributed by atoms with Crippen LogP contribution in [0.3, 0.4) is 0 Å². The second-order valence-electron chi connectivity index (χ2n) is 8.82. The highest BCUT2D eigenvalue weighted by atomic mass is 19.1. The summed E-state index contributed by atoms with van der Waals surface area (Å²) in [7, 11) is 3.82. The van der Waals surface area contributed by atoms with Crippen LogP contribution < -0.4 is 4.74 Å². The maximum absolute atomic E-state index is 13.5. The second-order valence-corrected chi connectivity index (χ2v) is 8.82. The van der Waals surface area contributed by atoms with Crippen molar-refractivity contribution < 1.29 is 13.9 Å². The number of methoxy groups -OCH3 is 1. The first kappa shape index (κ1) is 20.9. The van der Waals surface area contributed by atoms with Crippen LogP contribution >= 0.6 is 0 Å². The zero-order valence-corrected chi connectivity index (χ0v) is 17.9. The topological polar surface area (TPSA) is 32.8 Å². The van der Waals surface area contributed by atoms with E-state index in [1.807, 2.05) is 24.3 Å². The van der Waals surface area contributed by atoms with E-state index in [-0.39, 0.29) is 17.8 Å². The number of rotatable bonds is 6. The molecule has 1 saturated heterocycles. The van der Waals surface area contributed by atoms with Gasteiger partial charge in [-0.05, 0) is 67.1 Å². The van der Waals surface area contributed by atoms with Crippen LogP contribution in [0.2, 0.25) is 0 Å². The monoisotopic (exact) mass is 410 g/mol. The molecule has 4 rings (SSSR count). The van der Waals surface area contributed by atoms with Gasteiger partial charge in [-0.1, -0.05) is 30.7 Å². The molecule has 0 N–H and O–H groups in total. The van der Waals surface area contributed by atoms with E-state index in [0.29, 0.717) is 24.8 Å². The number of benzene rings is 2. The Bertz CT molecular complexity index is 852. The lowest BCUT2D eigenvalue weighted by atomic mass is 9.77. The first-order valence-corrected chi connectivity index (χ1v) is 10.9. The van der Waals surface area contributed by atoms with Gasteiger partial charge in [0, 0.05) is 25.7 Å². The molecule has 1 aliphatic heterocycles. The fourth-order valence-electron chi connectivity index (χ4n) is 5.25. The number of carbonyl (C=O) groups excluding carboxylic acids is 1. The van der Waals surface area contributed by atoms with Crippen LogP contribution in [0.1, 0.15) is 30.4 Å². The van der Waals surface area contributed by atoms with Gasteiger partial charge < -0.3 is 14.5 Å². The standard InChI is InChI=1S/C25H31FN2O2/c1-27-16-20-4-3-5-24(23(20)17-27)28(15-19-6-10-21(26)11-7-19)25(29)14-18-8-12-22(30-2)13-9-18/h6-13,20,23-24H,3-5,14-17H2,1-2H3. The number of ether oxygens (including phenoxy) is 1. The van der Waals surface area contributed by atoms with Gasteiger partial charge in [0.1, 0.15) is 11.6 Å². The molecule has 1 amide bonds. The fraction of sp³-hybridized carbons (Fsp3) is 0.480. The van der Waals surface area contributed by atoms with E-state index in [1.165, 1.54) is 18.6 Å². The van der Waals surface area contributed by atoms with Gasteiger partial charge in [0.05, 0.1) is 13.5 Å². The summed E-state index contributed by atoms with van der Waals surface area (Å²) < 4.78 is 18.6. The van der Waals surface area contributed by atoms with Crippen molar-refractivity contribution in [1.82, 2.24) is 9.80 Å². The molecule has 0 aromatic heterocycles. The van der Waals surface area contributed by atoms with Gasteiger partial charge in [-0.15, -0.1) is 0 Å². The van der Waals surface area contributed by atoms with Gasteiger partial charge in [-0.2, -0.15) is 0 Å². The van der Waals surface area contributed by atoms with Crippen LogP contribution in [-0.4, -0.2) is 49.0 Å². The van der Waals surface area contributed by atoms with Gasteiger partial charge in [0.15, 0.2) is 0 Å². The van der Waals surface area contributed by atoms with Crippen molar-refractivity contribution in [3.8, 4) is 5.75 Å². The Hall–Kier alpha value is -2.40. The minimum atomic E-state index is -0.245. The summed E-state index contributed by atoms with van der Waals surface area (Å²) >= 11 is 0. The number of likely N-dealkylation sites (tertiary alicyclic amines) is 1. The lowest BCUT2D eigenvalue weighted by Gasteiger charge is -2.41. The van der Waals surface area contributed by atoms with Crippen molar-refractivity contribution in [2.75, 3.05) is 27.2 Å². The molecular formula is C25H31FN2O2. The molecular weight excluding hydrogens is 379 g/mol. The molecule has 1 saturated carbocycles. The largest absolute Gasteiger partial charge is 0.497 e. The Labute approximate surface area is 178 Å². The van der Waals surface area contributed by atoms with Crippen LogP contribution in [0.25, 0.3) is 0 Å². The van der Waals surface area contributed by atoms with Gasteiger partial charge >= 0.3 is 0 Å². The molecule has 0 spiro atoms. The molecule has 1 heterocycles. The van der Waals surface area contributed by atoms with Crippen LogP contribution in [0, 0.1) is 17.7 Å². The summed E-state index contributed by atoms with van der Waals surface area (Å²) in [6, 6.07) is 14.5. The molecule has 4 nitrogen and oxygen atoms in total. The number of hydrogen-bond donors (Lipinski definition) is 0. The molecule has 5 heteroatoms. The van der Waals surface area contributed by atoms with E-state index in [4.69, 9.17) is 4.74 Å². The maximum atomic E-state index is 13.5. The van der Waals surface area contributed by atoms with Crippen molar-refractivity contribution in [3.05, 3.63) is 65.5 Å². The van der Waals surface area contributed by atoms with Gasteiger partial charge in [-0.25, -0.2) is 4.39 Å². The third-order valence-corrected chi connectivity index (χ3v) is 6.74. The number of halogens is 1. The summed E-state index contributed by atoms with van der Waals surface area (Å²) in [6.07, 6.45) is 3.83. The highest BCUT2D eigenvalue weighted by Crippen LogP contribution is 2.39. The van der Waals surface area contributed by atoms with E-state index in [0.717, 1.165) is 42.8 Å². The first-order valence-electron chi connectivity index (χ1n) is 10.9. The predicted octanol–water partition coefficient (Wildman–Crippen LogP) is 4.14. The molecule has 1 aliphatic carbocycles. The summed E-state index contributed by atoms with van der Waals surface area (Å²) in [6.45, 7) is 2.70. The third kappa shape index (κ3) is 4.67. The van der Waals surface area contributed by atoms with Gasteiger partial charge in [0.2, 0.25) is 5.91 Å². The lowest BCUT2D eigenvalue weighted by molar-refractivity contribution is -0.136. The van der Waals surface area contributed by atoms with E-state index in [9.17, 15) is 9.18 Å². The summed E-state index contributed by atoms with van der Waals surface area (Å²) in [4.78, 5) is 18.0. The SMILES string of the molecule is COc1ccc(CC(=O)N(Cc2ccc(F)cc2)C2CCCC3CN(C)CC32)cc1. The van der Waals surface area contributed by atoms with Crippen molar-refractivity contribution in [2.45, 2.75) is 38.3 Å². The average molecular weight is 411 g/mol. The molecule has 160 valence electrons. The quantitative estimate of drug-likeness (QED) is 0.718. The molecule has 3 atom stereocenters. The Morgan fingerprint density at radius 2 is 1.77 bits per heavy atom. The highest BCUT2D eigenvalue weighted by Gasteiger charge is 2.42. The Morgan fingerprint density at radius 3 is 2.47 bits per heavy atom. The Morgan fingerprint density at radius 1 is 1.07 bits per heavy atom. The van der Waals surface area contributed by atoms with E-state index in [1.54, 1.807) is 19.2 Å². The average Bonchev–Trinajstić information content (AvgIpc) is 3.14. The molecule has 30 heavy (non-hydrogen) atoms. The number of fused-ring (bicyclic) bond motifs is 1. The normalized spacial score (nSPS) is 23.8. The predicted molar refractivity (Wildman–Crippen MR) is 116 cm³/mol. The third-order valence-electron chi connectivity index (χ3n) is 6.74. The highest BCUT2D eigenvalue weighted by molar-refractivity contribution is 5.79. The Kier molecular flexibility index (Phi) is 6.38. The van der Waals surface area contributed by atoms with Crippen LogP contribution in [0.15, 0.2) is 48.5 Å². The van der Waals surface area contributed by atoms with Crippen molar-refractivity contribution in [2.24, 2.45) is 11.8 Å². The van der Waals surface area contributed by atoms with Gasteiger partial charge in [0.25, 0.3) is 0 Å². The summed E-state index contributed by atoms with van der Waals surface area (Å²) in [5.74, 6) is 1.87.